The summed E-state index contributed by atoms with van der Waals surface area (Å²) >= 11 is 0. The molecule has 114 valence electrons. The lowest BCUT2D eigenvalue weighted by Crippen LogP contribution is -2.58. The number of amides is 2. The molecule has 0 radical (unpaired) electrons. The second-order valence-electron chi connectivity index (χ2n) is 5.58. The number of hydrogen-bond donors (Lipinski definition) is 1. The fourth-order valence-corrected chi connectivity index (χ4v) is 2.64. The van der Waals surface area contributed by atoms with E-state index in [1.165, 1.54) is 0 Å². The Morgan fingerprint density at radius 1 is 1.20 bits per heavy atom. The Kier molecular flexibility index (Phi) is 4.82. The van der Waals surface area contributed by atoms with Crippen LogP contribution in [0.15, 0.2) is 0 Å². The number of nitrogens with zero attached hydrogens (tertiary/aromatic N) is 3. The number of urea groups is 1. The van der Waals surface area contributed by atoms with E-state index in [0.717, 1.165) is 0 Å². The van der Waals surface area contributed by atoms with Crippen molar-refractivity contribution in [2.24, 2.45) is 0 Å². The summed E-state index contributed by atoms with van der Waals surface area (Å²) in [7, 11) is 0. The minimum absolute atomic E-state index is 0.0441. The first-order valence-electron chi connectivity index (χ1n) is 7.08. The maximum atomic E-state index is 12.5. The van der Waals surface area contributed by atoms with E-state index in [2.05, 4.69) is 0 Å². The Hall–Kier alpha value is -1.34. The molecule has 1 N–H and O–H groups in total. The predicted octanol–water partition coefficient (Wildman–Crippen LogP) is -0.0822. The molecule has 0 aromatic carbocycles. The van der Waals surface area contributed by atoms with Crippen LogP contribution in [0, 0.1) is 0 Å². The zero-order valence-corrected chi connectivity index (χ0v) is 12.1. The highest BCUT2D eigenvalue weighted by Crippen LogP contribution is 2.15. The van der Waals surface area contributed by atoms with E-state index >= 15 is 0 Å². The van der Waals surface area contributed by atoms with Crippen LogP contribution < -0.4 is 0 Å². The Labute approximate surface area is 119 Å². The smallest absolute Gasteiger partial charge is 0.320 e. The molecule has 2 saturated heterocycles. The van der Waals surface area contributed by atoms with Crippen LogP contribution in [-0.2, 0) is 9.53 Å². The Balaban J connectivity index is 1.86. The van der Waals surface area contributed by atoms with Gasteiger partial charge in [-0.15, -0.1) is 0 Å². The molecule has 2 unspecified atom stereocenters. The molecular weight excluding hydrogens is 262 g/mol. The first-order chi connectivity index (χ1) is 9.47. The SMILES string of the molecule is CC1CN(C(=O)N2CCN(CC(=O)O)CC2)C(C)CO1. The van der Waals surface area contributed by atoms with E-state index < -0.39 is 5.97 Å². The van der Waals surface area contributed by atoms with Gasteiger partial charge in [-0.1, -0.05) is 0 Å². The summed E-state index contributed by atoms with van der Waals surface area (Å²) in [5.41, 5.74) is 0. The molecule has 2 rings (SSSR count). The molecule has 20 heavy (non-hydrogen) atoms. The average molecular weight is 285 g/mol. The predicted molar refractivity (Wildman–Crippen MR) is 72.6 cm³/mol. The van der Waals surface area contributed by atoms with Crippen molar-refractivity contribution in [3.8, 4) is 0 Å². The Bertz CT molecular complexity index is 369. The number of carboxylic acids is 1. The lowest BCUT2D eigenvalue weighted by atomic mass is 10.2. The second-order valence-corrected chi connectivity index (χ2v) is 5.58. The maximum Gasteiger partial charge on any atom is 0.320 e. The molecule has 2 aliphatic rings. The zero-order valence-electron chi connectivity index (χ0n) is 12.1. The molecule has 0 aromatic heterocycles. The van der Waals surface area contributed by atoms with Crippen LogP contribution in [0.25, 0.3) is 0 Å². The van der Waals surface area contributed by atoms with Gasteiger partial charge in [-0.2, -0.15) is 0 Å². The van der Waals surface area contributed by atoms with Crippen molar-refractivity contribution in [2.45, 2.75) is 26.0 Å². The molecule has 2 amide bonds. The third-order valence-electron chi connectivity index (χ3n) is 3.86. The van der Waals surface area contributed by atoms with Crippen molar-refractivity contribution in [1.29, 1.82) is 0 Å². The number of carbonyl (C=O) groups is 2. The van der Waals surface area contributed by atoms with Gasteiger partial charge in [-0.25, -0.2) is 4.79 Å². The maximum absolute atomic E-state index is 12.5. The van der Waals surface area contributed by atoms with Crippen LogP contribution in [0.5, 0.6) is 0 Å². The second kappa shape index (κ2) is 6.41. The van der Waals surface area contributed by atoms with Crippen LogP contribution >= 0.6 is 0 Å². The van der Waals surface area contributed by atoms with E-state index in [-0.39, 0.29) is 24.7 Å². The van der Waals surface area contributed by atoms with Gasteiger partial charge in [0, 0.05) is 32.7 Å². The van der Waals surface area contributed by atoms with Crippen LogP contribution in [0.3, 0.4) is 0 Å². The van der Waals surface area contributed by atoms with Gasteiger partial charge in [0.1, 0.15) is 0 Å². The van der Waals surface area contributed by atoms with Crippen LogP contribution in [0.2, 0.25) is 0 Å². The summed E-state index contributed by atoms with van der Waals surface area (Å²) in [6, 6.07) is 0.137. The number of ether oxygens (including phenoxy) is 1. The molecule has 7 heteroatoms. The molecule has 7 nitrogen and oxygen atoms in total. The Morgan fingerprint density at radius 3 is 2.45 bits per heavy atom. The van der Waals surface area contributed by atoms with Crippen molar-refractivity contribution in [1.82, 2.24) is 14.7 Å². The van der Waals surface area contributed by atoms with Gasteiger partial charge < -0.3 is 19.6 Å². The van der Waals surface area contributed by atoms with E-state index in [1.54, 1.807) is 0 Å². The lowest BCUT2D eigenvalue weighted by molar-refractivity contribution is -0.138. The molecule has 0 aromatic rings. The summed E-state index contributed by atoms with van der Waals surface area (Å²) in [6.45, 7) is 7.61. The number of piperazine rings is 1. The van der Waals surface area contributed by atoms with Gasteiger partial charge in [-0.05, 0) is 13.8 Å². The first kappa shape index (κ1) is 15.1. The highest BCUT2D eigenvalue weighted by molar-refractivity contribution is 5.75. The van der Waals surface area contributed by atoms with Gasteiger partial charge in [0.25, 0.3) is 0 Å². The molecule has 0 aliphatic carbocycles. The fraction of sp³-hybridized carbons (Fsp3) is 0.846. The van der Waals surface area contributed by atoms with Gasteiger partial charge in [0.05, 0.1) is 25.3 Å². The minimum atomic E-state index is -0.819. The van der Waals surface area contributed by atoms with Crippen LogP contribution in [-0.4, -0.2) is 89.8 Å². The van der Waals surface area contributed by atoms with Crippen molar-refractivity contribution in [3.05, 3.63) is 0 Å². The largest absolute Gasteiger partial charge is 0.480 e. The topological polar surface area (TPSA) is 73.3 Å². The van der Waals surface area contributed by atoms with E-state index in [1.807, 2.05) is 28.5 Å². The van der Waals surface area contributed by atoms with E-state index in [4.69, 9.17) is 9.84 Å². The molecule has 2 heterocycles. The average Bonchev–Trinajstić information content (AvgIpc) is 2.41. The highest BCUT2D eigenvalue weighted by atomic mass is 16.5. The number of morpholine rings is 1. The van der Waals surface area contributed by atoms with Crippen molar-refractivity contribution >= 4 is 12.0 Å². The molecule has 0 bridgehead atoms. The van der Waals surface area contributed by atoms with Gasteiger partial charge in [0.2, 0.25) is 0 Å². The normalized spacial score (nSPS) is 28.5. The number of hydrogen-bond acceptors (Lipinski definition) is 4. The standard InChI is InChI=1S/C13H23N3O4/c1-10-9-20-11(2)7-16(10)13(19)15-5-3-14(4-6-15)8-12(17)18/h10-11H,3-9H2,1-2H3,(H,17,18). The van der Waals surface area contributed by atoms with Crippen molar-refractivity contribution < 1.29 is 19.4 Å². The monoisotopic (exact) mass is 285 g/mol. The summed E-state index contributed by atoms with van der Waals surface area (Å²) < 4.78 is 5.53. The van der Waals surface area contributed by atoms with Crippen molar-refractivity contribution in [3.63, 3.8) is 0 Å². The number of carbonyl (C=O) groups excluding carboxylic acids is 1. The Morgan fingerprint density at radius 2 is 1.85 bits per heavy atom. The number of aliphatic carboxylic acids is 1. The zero-order chi connectivity index (χ0) is 14.7. The van der Waals surface area contributed by atoms with E-state index in [0.29, 0.717) is 39.3 Å². The quantitative estimate of drug-likeness (QED) is 0.768. The van der Waals surface area contributed by atoms with E-state index in [9.17, 15) is 9.59 Å². The highest BCUT2D eigenvalue weighted by Gasteiger charge is 2.32. The van der Waals surface area contributed by atoms with Gasteiger partial charge >= 0.3 is 12.0 Å². The first-order valence-corrected chi connectivity index (χ1v) is 7.08. The summed E-state index contributed by atoms with van der Waals surface area (Å²) in [5.74, 6) is -0.819. The summed E-state index contributed by atoms with van der Waals surface area (Å²) in [4.78, 5) is 28.7. The number of rotatable bonds is 2. The summed E-state index contributed by atoms with van der Waals surface area (Å²) in [6.07, 6.45) is 0.0726. The molecule has 0 spiro atoms. The lowest BCUT2D eigenvalue weighted by Gasteiger charge is -2.42. The third kappa shape index (κ3) is 3.61. The molecule has 2 aliphatic heterocycles. The van der Waals surface area contributed by atoms with Crippen molar-refractivity contribution in [2.75, 3.05) is 45.9 Å². The molecule has 0 saturated carbocycles. The fourth-order valence-electron chi connectivity index (χ4n) is 2.64. The molecular formula is C13H23N3O4. The minimum Gasteiger partial charge on any atom is -0.480 e. The molecule has 2 atom stereocenters. The van der Waals surface area contributed by atoms with Crippen LogP contribution in [0.1, 0.15) is 13.8 Å². The molecule has 2 fully saturated rings. The van der Waals surface area contributed by atoms with Gasteiger partial charge in [-0.3, -0.25) is 9.69 Å². The van der Waals surface area contributed by atoms with Crippen LogP contribution in [0.4, 0.5) is 4.79 Å². The summed E-state index contributed by atoms with van der Waals surface area (Å²) in [5, 5.41) is 8.76. The third-order valence-corrected chi connectivity index (χ3v) is 3.86. The van der Waals surface area contributed by atoms with Gasteiger partial charge in [0.15, 0.2) is 0 Å². The number of carboxylic acid groups (broad SMARTS) is 1.